The van der Waals surface area contributed by atoms with Crippen LogP contribution in [0.3, 0.4) is 0 Å². The molecule has 2 rings (SSSR count). The van der Waals surface area contributed by atoms with Crippen LogP contribution in [0.5, 0.6) is 0 Å². The first-order valence-corrected chi connectivity index (χ1v) is 8.29. The van der Waals surface area contributed by atoms with Gasteiger partial charge in [0, 0.05) is 35.2 Å². The third kappa shape index (κ3) is 5.08. The summed E-state index contributed by atoms with van der Waals surface area (Å²) in [5.41, 5.74) is 1.97. The summed E-state index contributed by atoms with van der Waals surface area (Å²) < 4.78 is 5.02. The fourth-order valence-corrected chi connectivity index (χ4v) is 3.24. The van der Waals surface area contributed by atoms with E-state index >= 15 is 0 Å². The highest BCUT2D eigenvalue weighted by molar-refractivity contribution is 5.82. The number of hydrogen-bond acceptors (Lipinski definition) is 5. The number of carbonyl (C=O) groups excluding carboxylic acids is 1. The van der Waals surface area contributed by atoms with Crippen LogP contribution >= 0.6 is 0 Å². The van der Waals surface area contributed by atoms with Gasteiger partial charge < -0.3 is 9.64 Å². The van der Waals surface area contributed by atoms with Crippen molar-refractivity contribution in [3.63, 3.8) is 0 Å². The van der Waals surface area contributed by atoms with E-state index in [4.69, 9.17) is 4.74 Å². The van der Waals surface area contributed by atoms with Gasteiger partial charge in [0.15, 0.2) is 0 Å². The second kappa shape index (κ2) is 8.47. The molecule has 0 aliphatic carbocycles. The maximum absolute atomic E-state index is 11.9. The van der Waals surface area contributed by atoms with Crippen molar-refractivity contribution in [3.05, 3.63) is 57.8 Å². The van der Waals surface area contributed by atoms with E-state index in [9.17, 15) is 14.9 Å². The highest BCUT2D eigenvalue weighted by Crippen LogP contribution is 2.32. The minimum Gasteiger partial charge on any atom is -0.463 e. The second-order valence-electron chi connectivity index (χ2n) is 6.17. The molecule has 0 unspecified atom stereocenters. The molecule has 1 aliphatic rings. The third-order valence-electron chi connectivity index (χ3n) is 4.25. The van der Waals surface area contributed by atoms with Crippen molar-refractivity contribution in [2.75, 3.05) is 13.2 Å². The Kier molecular flexibility index (Phi) is 6.35. The van der Waals surface area contributed by atoms with Gasteiger partial charge in [0.1, 0.15) is 0 Å². The molecule has 1 aliphatic heterocycles. The van der Waals surface area contributed by atoms with Gasteiger partial charge in [0.05, 0.1) is 6.61 Å². The first-order chi connectivity index (χ1) is 11.5. The van der Waals surface area contributed by atoms with Crippen LogP contribution in [0, 0.1) is 16.0 Å². The van der Waals surface area contributed by atoms with Crippen molar-refractivity contribution in [3.8, 4) is 0 Å². The van der Waals surface area contributed by atoms with E-state index in [1.807, 2.05) is 37.3 Å². The number of carbonyl (C=O) groups is 1. The summed E-state index contributed by atoms with van der Waals surface area (Å²) in [5.74, 6) is -0.442. The van der Waals surface area contributed by atoms with E-state index in [1.54, 1.807) is 6.92 Å². The fraction of sp³-hybridized carbons (Fsp3) is 0.500. The van der Waals surface area contributed by atoms with Crippen molar-refractivity contribution in [1.82, 2.24) is 4.90 Å². The molecule has 1 saturated heterocycles. The van der Waals surface area contributed by atoms with Gasteiger partial charge in [0.25, 0.3) is 0 Å². The van der Waals surface area contributed by atoms with Gasteiger partial charge in [0.2, 0.25) is 6.54 Å². The molecular formula is C18H24N2O4. The maximum atomic E-state index is 11.9. The number of nitro groups is 1. The van der Waals surface area contributed by atoms with Crippen molar-refractivity contribution in [2.45, 2.75) is 39.3 Å². The SMILES string of the molecule is CCOC(=O)/C=C1\C[C@@H](C[N+](=O)[O-])C[C@H](C)N1Cc1ccccc1. The van der Waals surface area contributed by atoms with E-state index in [2.05, 4.69) is 4.90 Å². The lowest BCUT2D eigenvalue weighted by molar-refractivity contribution is -0.489. The number of nitrogens with zero attached hydrogens (tertiary/aromatic N) is 2. The highest BCUT2D eigenvalue weighted by Gasteiger charge is 2.31. The second-order valence-corrected chi connectivity index (χ2v) is 6.17. The molecule has 6 nitrogen and oxygen atoms in total. The van der Waals surface area contributed by atoms with Crippen LogP contribution < -0.4 is 0 Å². The summed E-state index contributed by atoms with van der Waals surface area (Å²) in [6.45, 7) is 4.74. The zero-order valence-corrected chi connectivity index (χ0v) is 14.2. The van der Waals surface area contributed by atoms with Crippen molar-refractivity contribution < 1.29 is 14.5 Å². The molecule has 1 fully saturated rings. The largest absolute Gasteiger partial charge is 0.463 e. The molecule has 0 saturated carbocycles. The molecule has 0 radical (unpaired) electrons. The van der Waals surface area contributed by atoms with Crippen molar-refractivity contribution >= 4 is 5.97 Å². The van der Waals surface area contributed by atoms with Crippen LogP contribution in [0.25, 0.3) is 0 Å². The molecule has 0 N–H and O–H groups in total. The molecule has 1 aromatic carbocycles. The molecule has 2 atom stereocenters. The van der Waals surface area contributed by atoms with Gasteiger partial charge in [-0.15, -0.1) is 0 Å². The van der Waals surface area contributed by atoms with Crippen LogP contribution in [0.15, 0.2) is 42.1 Å². The summed E-state index contributed by atoms with van der Waals surface area (Å²) in [5, 5.41) is 10.9. The lowest BCUT2D eigenvalue weighted by atomic mass is 9.88. The molecule has 0 amide bonds. The number of esters is 1. The van der Waals surface area contributed by atoms with E-state index in [0.717, 1.165) is 17.7 Å². The van der Waals surface area contributed by atoms with Gasteiger partial charge in [-0.1, -0.05) is 30.3 Å². The predicted octanol–water partition coefficient (Wildman–Crippen LogP) is 3.01. The number of benzene rings is 1. The number of ether oxygens (including phenoxy) is 1. The first kappa shape index (κ1) is 18.0. The molecule has 1 heterocycles. The van der Waals surface area contributed by atoms with Gasteiger partial charge in [-0.3, -0.25) is 10.1 Å². The standard InChI is InChI=1S/C18H24N2O4/c1-3-24-18(21)11-17-10-16(13-20(22)23)9-14(2)19(17)12-15-7-5-4-6-8-15/h4-8,11,14,16H,3,9-10,12-13H2,1-2H3/b17-11+/t14-,16-/m0/s1. The molecule has 0 bridgehead atoms. The van der Waals surface area contributed by atoms with Crippen LogP contribution in [-0.2, 0) is 16.1 Å². The Labute approximate surface area is 142 Å². The van der Waals surface area contributed by atoms with Crippen molar-refractivity contribution in [1.29, 1.82) is 0 Å². The smallest absolute Gasteiger partial charge is 0.332 e. The maximum Gasteiger partial charge on any atom is 0.332 e. The average molecular weight is 332 g/mol. The Hall–Kier alpha value is -2.37. The first-order valence-electron chi connectivity index (χ1n) is 8.29. The Morgan fingerprint density at radius 3 is 2.75 bits per heavy atom. The minimum atomic E-state index is -0.389. The van der Waals surface area contributed by atoms with Crippen LogP contribution in [0.2, 0.25) is 0 Å². The van der Waals surface area contributed by atoms with Crippen LogP contribution in [-0.4, -0.2) is 35.0 Å². The van der Waals surface area contributed by atoms with E-state index in [-0.39, 0.29) is 29.4 Å². The summed E-state index contributed by atoms with van der Waals surface area (Å²) in [7, 11) is 0. The molecule has 24 heavy (non-hydrogen) atoms. The number of allylic oxidation sites excluding steroid dienone is 1. The fourth-order valence-electron chi connectivity index (χ4n) is 3.24. The molecule has 1 aromatic rings. The average Bonchev–Trinajstić information content (AvgIpc) is 2.51. The zero-order chi connectivity index (χ0) is 17.5. The van der Waals surface area contributed by atoms with E-state index < -0.39 is 0 Å². The molecular weight excluding hydrogens is 308 g/mol. The predicted molar refractivity (Wildman–Crippen MR) is 90.7 cm³/mol. The normalized spacial score (nSPS) is 22.4. The number of hydrogen-bond donors (Lipinski definition) is 0. The van der Waals surface area contributed by atoms with Crippen LogP contribution in [0.4, 0.5) is 0 Å². The highest BCUT2D eigenvalue weighted by atomic mass is 16.6. The van der Waals surface area contributed by atoms with Gasteiger partial charge in [-0.25, -0.2) is 4.79 Å². The summed E-state index contributed by atoms with van der Waals surface area (Å²) >= 11 is 0. The van der Waals surface area contributed by atoms with Crippen molar-refractivity contribution in [2.24, 2.45) is 5.92 Å². The minimum absolute atomic E-state index is 0.0531. The zero-order valence-electron chi connectivity index (χ0n) is 14.2. The Morgan fingerprint density at radius 1 is 1.42 bits per heavy atom. The number of likely N-dealkylation sites (tertiary alicyclic amines) is 1. The van der Waals surface area contributed by atoms with Gasteiger partial charge in [-0.05, 0) is 32.3 Å². The number of piperidine rings is 1. The molecule has 0 aromatic heterocycles. The Balaban J connectivity index is 2.21. The lowest BCUT2D eigenvalue weighted by Crippen LogP contribution is -2.40. The summed E-state index contributed by atoms with van der Waals surface area (Å²) in [4.78, 5) is 24.6. The topological polar surface area (TPSA) is 72.7 Å². The Morgan fingerprint density at radius 2 is 2.12 bits per heavy atom. The van der Waals surface area contributed by atoms with Gasteiger partial charge >= 0.3 is 5.97 Å². The number of rotatable bonds is 6. The van der Waals surface area contributed by atoms with Crippen LogP contribution in [0.1, 0.15) is 32.3 Å². The summed E-state index contributed by atoms with van der Waals surface area (Å²) in [6.07, 6.45) is 2.76. The lowest BCUT2D eigenvalue weighted by Gasteiger charge is -2.40. The Bertz CT molecular complexity index is 600. The van der Waals surface area contributed by atoms with Gasteiger partial charge in [-0.2, -0.15) is 0 Å². The molecule has 130 valence electrons. The molecule has 6 heteroatoms. The third-order valence-corrected chi connectivity index (χ3v) is 4.25. The molecule has 0 spiro atoms. The quantitative estimate of drug-likeness (QED) is 0.346. The van der Waals surface area contributed by atoms with E-state index in [0.29, 0.717) is 19.6 Å². The summed E-state index contributed by atoms with van der Waals surface area (Å²) in [6, 6.07) is 10.1. The monoisotopic (exact) mass is 332 g/mol. The van der Waals surface area contributed by atoms with E-state index in [1.165, 1.54) is 6.08 Å².